The van der Waals surface area contributed by atoms with Gasteiger partial charge in [0.1, 0.15) is 10.7 Å². The summed E-state index contributed by atoms with van der Waals surface area (Å²) < 4.78 is 53.9. The zero-order valence-electron chi connectivity index (χ0n) is 11.1. The van der Waals surface area contributed by atoms with E-state index in [0.717, 1.165) is 25.0 Å². The Morgan fingerprint density at radius 1 is 1.35 bits per heavy atom. The molecule has 1 aliphatic rings. The van der Waals surface area contributed by atoms with Crippen LogP contribution in [0.15, 0.2) is 17.0 Å². The molecule has 1 aromatic rings. The molecule has 0 bridgehead atoms. The van der Waals surface area contributed by atoms with Crippen LogP contribution in [0.25, 0.3) is 0 Å². The Balaban J connectivity index is 2.48. The maximum absolute atomic E-state index is 14.2. The number of benzene rings is 1. The van der Waals surface area contributed by atoms with Gasteiger partial charge in [-0.1, -0.05) is 6.92 Å². The lowest BCUT2D eigenvalue weighted by atomic mass is 10.2. The summed E-state index contributed by atoms with van der Waals surface area (Å²) in [5, 5.41) is 0. The standard InChI is InChI=1S/C13H16ClF2NO2S/c1-2-7-17(9-3-4-9)20(18,19)12-6-5-11(15)10(8-14)13(12)16/h5-6,9H,2-4,7-8H2,1H3. The van der Waals surface area contributed by atoms with E-state index in [1.54, 1.807) is 0 Å². The van der Waals surface area contributed by atoms with Gasteiger partial charge in [-0.2, -0.15) is 4.31 Å². The Morgan fingerprint density at radius 2 is 2.00 bits per heavy atom. The highest BCUT2D eigenvalue weighted by atomic mass is 35.5. The van der Waals surface area contributed by atoms with E-state index in [0.29, 0.717) is 13.0 Å². The summed E-state index contributed by atoms with van der Waals surface area (Å²) in [5.74, 6) is -2.32. The number of hydrogen-bond donors (Lipinski definition) is 0. The first-order chi connectivity index (χ1) is 9.43. The molecule has 0 heterocycles. The van der Waals surface area contributed by atoms with Gasteiger partial charge in [0.25, 0.3) is 0 Å². The highest BCUT2D eigenvalue weighted by Gasteiger charge is 2.39. The van der Waals surface area contributed by atoms with Crippen molar-refractivity contribution in [3.8, 4) is 0 Å². The molecule has 0 N–H and O–H groups in total. The maximum Gasteiger partial charge on any atom is 0.246 e. The zero-order chi connectivity index (χ0) is 14.9. The number of sulfonamides is 1. The molecule has 0 spiro atoms. The second kappa shape index (κ2) is 5.95. The fourth-order valence-corrected chi connectivity index (χ4v) is 4.22. The minimum atomic E-state index is -3.95. The molecule has 0 atom stereocenters. The molecule has 112 valence electrons. The molecule has 1 saturated carbocycles. The van der Waals surface area contributed by atoms with Crippen LogP contribution in [-0.4, -0.2) is 25.3 Å². The van der Waals surface area contributed by atoms with Crippen LogP contribution in [-0.2, 0) is 15.9 Å². The van der Waals surface area contributed by atoms with Crippen LogP contribution in [0.2, 0.25) is 0 Å². The highest BCUT2D eigenvalue weighted by molar-refractivity contribution is 7.89. The minimum Gasteiger partial charge on any atom is -0.207 e. The lowest BCUT2D eigenvalue weighted by molar-refractivity contribution is 0.399. The molecule has 7 heteroatoms. The van der Waals surface area contributed by atoms with Gasteiger partial charge in [-0.3, -0.25) is 0 Å². The van der Waals surface area contributed by atoms with Gasteiger partial charge in [0, 0.05) is 18.2 Å². The summed E-state index contributed by atoms with van der Waals surface area (Å²) in [4.78, 5) is -0.491. The first kappa shape index (κ1) is 15.7. The zero-order valence-corrected chi connectivity index (χ0v) is 12.6. The van der Waals surface area contributed by atoms with Crippen LogP contribution in [0.1, 0.15) is 31.7 Å². The molecule has 2 rings (SSSR count). The predicted octanol–water partition coefficient (Wildman–Crippen LogP) is 3.27. The molecule has 0 aliphatic heterocycles. The summed E-state index contributed by atoms with van der Waals surface area (Å²) in [6.45, 7) is 2.19. The molecule has 3 nitrogen and oxygen atoms in total. The fraction of sp³-hybridized carbons (Fsp3) is 0.538. The van der Waals surface area contributed by atoms with E-state index in [1.165, 1.54) is 4.31 Å². The number of rotatable bonds is 6. The van der Waals surface area contributed by atoms with E-state index in [4.69, 9.17) is 11.6 Å². The van der Waals surface area contributed by atoms with Crippen LogP contribution in [0.5, 0.6) is 0 Å². The van der Waals surface area contributed by atoms with Crippen molar-refractivity contribution in [1.82, 2.24) is 4.31 Å². The second-order valence-electron chi connectivity index (χ2n) is 4.82. The molecule has 20 heavy (non-hydrogen) atoms. The Bertz CT molecular complexity index is 603. The topological polar surface area (TPSA) is 37.4 Å². The lowest BCUT2D eigenvalue weighted by Crippen LogP contribution is -2.34. The van der Waals surface area contributed by atoms with Gasteiger partial charge in [0.2, 0.25) is 10.0 Å². The minimum absolute atomic E-state index is 0.0659. The SMILES string of the molecule is CCCN(C1CC1)S(=O)(=O)c1ccc(F)c(CCl)c1F. The van der Waals surface area contributed by atoms with Gasteiger partial charge >= 0.3 is 0 Å². The maximum atomic E-state index is 14.2. The van der Waals surface area contributed by atoms with Crippen LogP contribution < -0.4 is 0 Å². The quantitative estimate of drug-likeness (QED) is 0.753. The Labute approximate surface area is 122 Å². The van der Waals surface area contributed by atoms with Gasteiger partial charge < -0.3 is 0 Å². The van der Waals surface area contributed by atoms with Crippen molar-refractivity contribution in [2.24, 2.45) is 0 Å². The summed E-state index contributed by atoms with van der Waals surface area (Å²) in [7, 11) is -3.95. The summed E-state index contributed by atoms with van der Waals surface area (Å²) in [6.07, 6.45) is 2.20. The summed E-state index contributed by atoms with van der Waals surface area (Å²) in [6, 6.07) is 1.86. The molecule has 0 saturated heterocycles. The largest absolute Gasteiger partial charge is 0.246 e. The molecular formula is C13H16ClF2NO2S. The van der Waals surface area contributed by atoms with Gasteiger partial charge in [0.15, 0.2) is 5.82 Å². The molecule has 0 aromatic heterocycles. The van der Waals surface area contributed by atoms with Crippen molar-refractivity contribution >= 4 is 21.6 Å². The van der Waals surface area contributed by atoms with E-state index >= 15 is 0 Å². The van der Waals surface area contributed by atoms with Gasteiger partial charge in [-0.15, -0.1) is 11.6 Å². The van der Waals surface area contributed by atoms with Crippen molar-refractivity contribution in [3.05, 3.63) is 29.3 Å². The van der Waals surface area contributed by atoms with E-state index in [2.05, 4.69) is 0 Å². The third-order valence-corrected chi connectivity index (χ3v) is 5.51. The van der Waals surface area contributed by atoms with Crippen molar-refractivity contribution in [1.29, 1.82) is 0 Å². The van der Waals surface area contributed by atoms with E-state index < -0.39 is 38.0 Å². The second-order valence-corrected chi connectivity index (χ2v) is 6.94. The summed E-state index contributed by atoms with van der Waals surface area (Å²) in [5.41, 5.74) is -0.403. The fourth-order valence-electron chi connectivity index (χ4n) is 2.11. The number of halogens is 3. The van der Waals surface area contributed by atoms with E-state index in [1.807, 2.05) is 6.92 Å². The van der Waals surface area contributed by atoms with Crippen LogP contribution in [0.4, 0.5) is 8.78 Å². The molecule has 0 radical (unpaired) electrons. The predicted molar refractivity (Wildman–Crippen MR) is 73.1 cm³/mol. The van der Waals surface area contributed by atoms with E-state index in [-0.39, 0.29) is 6.04 Å². The monoisotopic (exact) mass is 323 g/mol. The third-order valence-electron chi connectivity index (χ3n) is 3.27. The number of hydrogen-bond acceptors (Lipinski definition) is 2. The van der Waals surface area contributed by atoms with Crippen LogP contribution in [0.3, 0.4) is 0 Å². The average Bonchev–Trinajstić information content (AvgIpc) is 3.20. The Kier molecular flexibility index (Phi) is 4.66. The Hall–Kier alpha value is -0.720. The molecule has 1 aromatic carbocycles. The molecule has 0 unspecified atom stereocenters. The first-order valence-corrected chi connectivity index (χ1v) is 8.45. The highest BCUT2D eigenvalue weighted by Crippen LogP contribution is 2.34. The lowest BCUT2D eigenvalue weighted by Gasteiger charge is -2.22. The smallest absolute Gasteiger partial charge is 0.207 e. The van der Waals surface area contributed by atoms with Crippen molar-refractivity contribution < 1.29 is 17.2 Å². The van der Waals surface area contributed by atoms with Crippen molar-refractivity contribution in [2.45, 2.75) is 43.0 Å². The van der Waals surface area contributed by atoms with Crippen molar-refractivity contribution in [3.63, 3.8) is 0 Å². The third kappa shape index (κ3) is 2.82. The normalized spacial score (nSPS) is 15.8. The Morgan fingerprint density at radius 3 is 2.50 bits per heavy atom. The van der Waals surface area contributed by atoms with Crippen LogP contribution >= 0.6 is 11.6 Å². The molecular weight excluding hydrogens is 308 g/mol. The van der Waals surface area contributed by atoms with E-state index in [9.17, 15) is 17.2 Å². The van der Waals surface area contributed by atoms with Crippen molar-refractivity contribution in [2.75, 3.05) is 6.54 Å². The molecule has 1 fully saturated rings. The summed E-state index contributed by atoms with van der Waals surface area (Å²) >= 11 is 5.49. The number of nitrogens with zero attached hydrogens (tertiary/aromatic N) is 1. The molecule has 0 amide bonds. The average molecular weight is 324 g/mol. The van der Waals surface area contributed by atoms with Gasteiger partial charge in [0.05, 0.1) is 5.88 Å². The van der Waals surface area contributed by atoms with Gasteiger partial charge in [-0.25, -0.2) is 17.2 Å². The molecule has 1 aliphatic carbocycles. The number of alkyl halides is 1. The first-order valence-electron chi connectivity index (χ1n) is 6.48. The van der Waals surface area contributed by atoms with Gasteiger partial charge in [-0.05, 0) is 31.4 Å². The van der Waals surface area contributed by atoms with Crippen LogP contribution in [0, 0.1) is 11.6 Å².